The molecule has 0 radical (unpaired) electrons. The summed E-state index contributed by atoms with van der Waals surface area (Å²) in [5.41, 5.74) is 1.41. The van der Waals surface area contributed by atoms with E-state index in [2.05, 4.69) is 30.4 Å². The summed E-state index contributed by atoms with van der Waals surface area (Å²) in [5, 5.41) is 11.5. The predicted octanol–water partition coefficient (Wildman–Crippen LogP) is 4.69. The molecular formula is C29H32ClFN8O3. The molecule has 3 aliphatic rings. The van der Waals surface area contributed by atoms with Crippen LogP contribution >= 0.6 is 11.6 Å². The summed E-state index contributed by atoms with van der Waals surface area (Å²) in [7, 11) is 0. The molecule has 11 nitrogen and oxygen atoms in total. The number of hydrogen-bond acceptors (Lipinski definition) is 9. The van der Waals surface area contributed by atoms with Crippen LogP contribution in [0.1, 0.15) is 39.0 Å². The molecule has 3 aromatic heterocycles. The molecule has 3 aliphatic heterocycles. The van der Waals surface area contributed by atoms with Crippen LogP contribution in [0.5, 0.6) is 6.01 Å². The lowest BCUT2D eigenvalue weighted by molar-refractivity contribution is 0.108. The van der Waals surface area contributed by atoms with Gasteiger partial charge in [0.15, 0.2) is 5.82 Å². The van der Waals surface area contributed by atoms with Gasteiger partial charge in [-0.25, -0.2) is 9.18 Å². The van der Waals surface area contributed by atoms with Crippen molar-refractivity contribution in [3.8, 4) is 17.3 Å². The van der Waals surface area contributed by atoms with Crippen LogP contribution in [0.4, 0.5) is 15.0 Å². The van der Waals surface area contributed by atoms with E-state index in [1.54, 1.807) is 31.5 Å². The quantitative estimate of drug-likeness (QED) is 0.314. The molecule has 1 aromatic carbocycles. The molecule has 1 unspecified atom stereocenters. The Hall–Kier alpha value is -3.77. The summed E-state index contributed by atoms with van der Waals surface area (Å²) in [6.45, 7) is 5.74. The number of rotatable bonds is 7. The van der Waals surface area contributed by atoms with E-state index in [1.165, 1.54) is 0 Å². The highest BCUT2D eigenvalue weighted by Crippen LogP contribution is 2.40. The summed E-state index contributed by atoms with van der Waals surface area (Å²) >= 11 is 6.36. The Morgan fingerprint density at radius 1 is 1.19 bits per heavy atom. The van der Waals surface area contributed by atoms with Crippen molar-refractivity contribution in [3.63, 3.8) is 0 Å². The molecule has 1 amide bonds. The molecule has 0 aliphatic carbocycles. The van der Waals surface area contributed by atoms with E-state index in [9.17, 15) is 4.79 Å². The number of hydrogen-bond donors (Lipinski definition) is 2. The maximum absolute atomic E-state index is 16.5. The van der Waals surface area contributed by atoms with Gasteiger partial charge in [-0.2, -0.15) is 15.1 Å². The Kier molecular flexibility index (Phi) is 6.97. The molecule has 0 saturated carbocycles. The number of alkyl carbamates (subject to hydrolysis) is 1. The van der Waals surface area contributed by atoms with Crippen molar-refractivity contribution in [1.29, 1.82) is 0 Å². The number of H-pyrrole nitrogens is 1. The standard InChI is InChI=1S/C29H32ClFN8O3/c1-2-41-28(40)34-18-5-10-38(15-18)26-21-13-32-24(19-11-17(30)12-22-20(19)14-33-37-22)23(31)25(21)35-27(36-26)42-16-29-6-3-8-39(29)9-4-7-29/h11-14,18H,2-10,15-16H2,1H3,(H,33,37)(H,34,40). The average molecular weight is 595 g/mol. The third-order valence-electron chi connectivity index (χ3n) is 8.79. The SMILES string of the molecule is CCOC(=O)NC1CCN(c2nc(OCC34CCCN3CCC4)nc3c(F)c(-c4cc(Cl)cc5[nH]ncc45)ncc23)C1. The molecule has 220 valence electrons. The molecule has 0 spiro atoms. The van der Waals surface area contributed by atoms with Gasteiger partial charge in [-0.15, -0.1) is 0 Å². The zero-order valence-electron chi connectivity index (χ0n) is 23.3. The maximum atomic E-state index is 16.5. The summed E-state index contributed by atoms with van der Waals surface area (Å²) in [6, 6.07) is 3.40. The van der Waals surface area contributed by atoms with Crippen molar-refractivity contribution in [2.45, 2.75) is 50.6 Å². The lowest BCUT2D eigenvalue weighted by Crippen LogP contribution is -2.43. The third-order valence-corrected chi connectivity index (χ3v) is 9.01. The number of amides is 1. The number of aromatic amines is 1. The summed E-state index contributed by atoms with van der Waals surface area (Å²) < 4.78 is 27.8. The number of nitrogens with zero attached hydrogens (tertiary/aromatic N) is 6. The summed E-state index contributed by atoms with van der Waals surface area (Å²) in [4.78, 5) is 30.5. The number of carbonyl (C=O) groups excluding carboxylic acids is 1. The smallest absolute Gasteiger partial charge is 0.407 e. The van der Waals surface area contributed by atoms with E-state index in [0.717, 1.165) is 38.8 Å². The Balaban J connectivity index is 1.28. The van der Waals surface area contributed by atoms with Crippen LogP contribution in [0.15, 0.2) is 24.5 Å². The van der Waals surface area contributed by atoms with Gasteiger partial charge >= 0.3 is 12.1 Å². The Labute approximate surface area is 246 Å². The lowest BCUT2D eigenvalue weighted by atomic mass is 9.95. The normalized spacial score (nSPS) is 20.0. The first-order valence-corrected chi connectivity index (χ1v) is 14.9. The van der Waals surface area contributed by atoms with Crippen LogP contribution in [0.25, 0.3) is 33.1 Å². The highest BCUT2D eigenvalue weighted by Gasteiger charge is 2.45. The van der Waals surface area contributed by atoms with Crippen molar-refractivity contribution < 1.29 is 18.7 Å². The number of carbonyl (C=O) groups is 1. The van der Waals surface area contributed by atoms with Crippen molar-refractivity contribution in [2.75, 3.05) is 44.3 Å². The molecule has 0 bridgehead atoms. The number of nitrogens with one attached hydrogen (secondary N) is 2. The lowest BCUT2D eigenvalue weighted by Gasteiger charge is -2.31. The van der Waals surface area contributed by atoms with Crippen LogP contribution in [0.3, 0.4) is 0 Å². The molecule has 7 rings (SSSR count). The monoisotopic (exact) mass is 594 g/mol. The Morgan fingerprint density at radius 3 is 2.83 bits per heavy atom. The molecule has 13 heteroatoms. The van der Waals surface area contributed by atoms with Crippen molar-refractivity contribution in [2.24, 2.45) is 0 Å². The first-order chi connectivity index (χ1) is 20.4. The van der Waals surface area contributed by atoms with Gasteiger partial charge < -0.3 is 19.7 Å². The summed E-state index contributed by atoms with van der Waals surface area (Å²) in [5.74, 6) is -0.0689. The minimum Gasteiger partial charge on any atom is -0.461 e. The van der Waals surface area contributed by atoms with Crippen LogP contribution in [-0.4, -0.2) is 87.1 Å². The fourth-order valence-corrected chi connectivity index (χ4v) is 7.01. The number of fused-ring (bicyclic) bond motifs is 3. The van der Waals surface area contributed by atoms with Gasteiger partial charge in [0.25, 0.3) is 0 Å². The molecule has 3 saturated heterocycles. The fourth-order valence-electron chi connectivity index (χ4n) is 6.80. The molecule has 6 heterocycles. The summed E-state index contributed by atoms with van der Waals surface area (Å²) in [6.07, 6.45) is 7.87. The molecule has 2 N–H and O–H groups in total. The van der Waals surface area contributed by atoms with Gasteiger partial charge in [-0.05, 0) is 64.3 Å². The van der Waals surface area contributed by atoms with E-state index >= 15 is 4.39 Å². The highest BCUT2D eigenvalue weighted by molar-refractivity contribution is 6.31. The van der Waals surface area contributed by atoms with E-state index in [4.69, 9.17) is 26.1 Å². The van der Waals surface area contributed by atoms with Crippen LogP contribution in [0.2, 0.25) is 5.02 Å². The topological polar surface area (TPSA) is 121 Å². The molecule has 4 aromatic rings. The molecular weight excluding hydrogens is 563 g/mol. The largest absolute Gasteiger partial charge is 0.461 e. The van der Waals surface area contributed by atoms with Crippen molar-refractivity contribution >= 4 is 45.3 Å². The van der Waals surface area contributed by atoms with Crippen LogP contribution in [-0.2, 0) is 4.74 Å². The molecule has 1 atom stereocenters. The van der Waals surface area contributed by atoms with Gasteiger partial charge in [-0.1, -0.05) is 11.6 Å². The van der Waals surface area contributed by atoms with Gasteiger partial charge in [0.2, 0.25) is 0 Å². The first-order valence-electron chi connectivity index (χ1n) is 14.5. The molecule has 42 heavy (non-hydrogen) atoms. The van der Waals surface area contributed by atoms with Gasteiger partial charge in [-0.3, -0.25) is 15.0 Å². The highest BCUT2D eigenvalue weighted by atomic mass is 35.5. The minimum atomic E-state index is -0.590. The fraction of sp³-hybridized carbons (Fsp3) is 0.483. The van der Waals surface area contributed by atoms with Crippen molar-refractivity contribution in [3.05, 3.63) is 35.4 Å². The number of aromatic nitrogens is 5. The van der Waals surface area contributed by atoms with Crippen LogP contribution in [0, 0.1) is 5.82 Å². The van der Waals surface area contributed by atoms with Gasteiger partial charge in [0.05, 0.1) is 35.3 Å². The Bertz CT molecular complexity index is 1660. The number of anilines is 1. The van der Waals surface area contributed by atoms with E-state index in [1.807, 2.05) is 4.90 Å². The van der Waals surface area contributed by atoms with Crippen LogP contribution < -0.4 is 15.0 Å². The number of ether oxygens (including phenoxy) is 2. The second-order valence-electron chi connectivity index (χ2n) is 11.3. The number of pyridine rings is 1. The first kappa shape index (κ1) is 27.1. The van der Waals surface area contributed by atoms with E-state index in [-0.39, 0.29) is 28.8 Å². The second-order valence-corrected chi connectivity index (χ2v) is 11.7. The van der Waals surface area contributed by atoms with E-state index in [0.29, 0.717) is 65.4 Å². The zero-order valence-corrected chi connectivity index (χ0v) is 24.1. The van der Waals surface area contributed by atoms with Gasteiger partial charge in [0.1, 0.15) is 23.6 Å². The maximum Gasteiger partial charge on any atom is 0.407 e. The van der Waals surface area contributed by atoms with E-state index < -0.39 is 11.9 Å². The number of benzene rings is 1. The predicted molar refractivity (Wildman–Crippen MR) is 156 cm³/mol. The molecule has 3 fully saturated rings. The zero-order chi connectivity index (χ0) is 28.8. The Morgan fingerprint density at radius 2 is 2.02 bits per heavy atom. The van der Waals surface area contributed by atoms with Gasteiger partial charge in [0, 0.05) is 35.3 Å². The second kappa shape index (κ2) is 10.8. The minimum absolute atomic E-state index is 0.0175. The number of halogens is 2. The van der Waals surface area contributed by atoms with Crippen molar-refractivity contribution in [1.82, 2.24) is 35.4 Å². The average Bonchev–Trinajstić information content (AvgIpc) is 3.76. The third kappa shape index (κ3) is 4.76.